The van der Waals surface area contributed by atoms with Crippen molar-refractivity contribution >= 4 is 40.0 Å². The molecule has 0 fully saturated rings. The summed E-state index contributed by atoms with van der Waals surface area (Å²) in [4.78, 5) is 6.30. The molecule has 24 heavy (non-hydrogen) atoms. The van der Waals surface area contributed by atoms with Crippen molar-refractivity contribution in [2.24, 2.45) is 4.99 Å². The third-order valence-electron chi connectivity index (χ3n) is 3.43. The van der Waals surface area contributed by atoms with Crippen LogP contribution in [0.3, 0.4) is 0 Å². The van der Waals surface area contributed by atoms with Crippen LogP contribution >= 0.6 is 24.0 Å². The van der Waals surface area contributed by atoms with Gasteiger partial charge in [-0.25, -0.2) is 13.1 Å². The van der Waals surface area contributed by atoms with Gasteiger partial charge in [0.25, 0.3) is 0 Å². The fourth-order valence-corrected chi connectivity index (χ4v) is 2.68. The van der Waals surface area contributed by atoms with Gasteiger partial charge in [0, 0.05) is 33.7 Å². The van der Waals surface area contributed by atoms with E-state index >= 15 is 0 Å². The zero-order valence-corrected chi connectivity index (χ0v) is 18.0. The van der Waals surface area contributed by atoms with Crippen LogP contribution in [0.1, 0.15) is 24.5 Å². The number of nitrogens with zero attached hydrogens (tertiary/aromatic N) is 2. The predicted octanol–water partition coefficient (Wildman–Crippen LogP) is 1.81. The van der Waals surface area contributed by atoms with E-state index in [0.717, 1.165) is 25.2 Å². The first-order valence-electron chi connectivity index (χ1n) is 7.80. The summed E-state index contributed by atoms with van der Waals surface area (Å²) in [5.74, 6) is 0.795. The minimum atomic E-state index is -3.11. The first kappa shape index (κ1) is 23.1. The molecule has 0 heterocycles. The van der Waals surface area contributed by atoms with Crippen LogP contribution in [0.25, 0.3) is 0 Å². The standard InChI is InChI=1S/C16H28N4O2S.HI/c1-5-14-7-9-15(10-8-14)13-20(3)16(17-2)18-11-6-12-19-23(4,21)22;/h7-10,19H,5-6,11-13H2,1-4H3,(H,17,18);1H. The molecule has 1 aromatic carbocycles. The highest BCUT2D eigenvalue weighted by molar-refractivity contribution is 14.0. The lowest BCUT2D eigenvalue weighted by molar-refractivity contribution is 0.475. The van der Waals surface area contributed by atoms with E-state index in [-0.39, 0.29) is 24.0 Å². The van der Waals surface area contributed by atoms with Crippen LogP contribution in [-0.2, 0) is 23.0 Å². The molecule has 0 aliphatic heterocycles. The van der Waals surface area contributed by atoms with E-state index in [2.05, 4.69) is 46.2 Å². The Bertz CT molecular complexity index is 603. The molecule has 0 amide bonds. The van der Waals surface area contributed by atoms with E-state index in [1.165, 1.54) is 11.1 Å². The van der Waals surface area contributed by atoms with Crippen molar-refractivity contribution in [1.29, 1.82) is 0 Å². The summed E-state index contributed by atoms with van der Waals surface area (Å²) in [5.41, 5.74) is 2.56. The second kappa shape index (κ2) is 11.6. The van der Waals surface area contributed by atoms with Gasteiger partial charge in [-0.2, -0.15) is 0 Å². The van der Waals surface area contributed by atoms with Gasteiger partial charge in [-0.15, -0.1) is 24.0 Å². The maximum atomic E-state index is 11.0. The summed E-state index contributed by atoms with van der Waals surface area (Å²) in [6, 6.07) is 8.57. The summed E-state index contributed by atoms with van der Waals surface area (Å²) in [7, 11) is 0.616. The van der Waals surface area contributed by atoms with Crippen molar-refractivity contribution in [1.82, 2.24) is 14.9 Å². The smallest absolute Gasteiger partial charge is 0.208 e. The fraction of sp³-hybridized carbons (Fsp3) is 0.562. The number of aryl methyl sites for hydroxylation is 1. The van der Waals surface area contributed by atoms with Gasteiger partial charge in [0.1, 0.15) is 0 Å². The molecule has 0 saturated carbocycles. The lowest BCUT2D eigenvalue weighted by atomic mass is 10.1. The molecule has 0 spiro atoms. The average Bonchev–Trinajstić information content (AvgIpc) is 2.50. The number of rotatable bonds is 8. The summed E-state index contributed by atoms with van der Waals surface area (Å²) in [6.45, 7) is 4.00. The van der Waals surface area contributed by atoms with Crippen LogP contribution in [-0.4, -0.2) is 52.7 Å². The second-order valence-electron chi connectivity index (χ2n) is 5.52. The van der Waals surface area contributed by atoms with E-state index in [1.807, 2.05) is 11.9 Å². The Morgan fingerprint density at radius 1 is 1.17 bits per heavy atom. The summed E-state index contributed by atoms with van der Waals surface area (Å²) < 4.78 is 24.4. The minimum Gasteiger partial charge on any atom is -0.356 e. The molecule has 0 bridgehead atoms. The van der Waals surface area contributed by atoms with Crippen molar-refractivity contribution in [2.45, 2.75) is 26.3 Å². The van der Waals surface area contributed by atoms with Crippen LogP contribution in [0.5, 0.6) is 0 Å². The number of hydrogen-bond donors (Lipinski definition) is 2. The molecule has 0 aliphatic rings. The number of guanidine groups is 1. The molecule has 0 aromatic heterocycles. The highest BCUT2D eigenvalue weighted by atomic mass is 127. The Labute approximate surface area is 163 Å². The Morgan fingerprint density at radius 3 is 2.25 bits per heavy atom. The van der Waals surface area contributed by atoms with E-state index in [4.69, 9.17) is 0 Å². The van der Waals surface area contributed by atoms with Gasteiger partial charge in [0.15, 0.2) is 5.96 Å². The summed E-state index contributed by atoms with van der Waals surface area (Å²) >= 11 is 0. The number of halogens is 1. The van der Waals surface area contributed by atoms with Gasteiger partial charge < -0.3 is 10.2 Å². The number of benzene rings is 1. The molecular formula is C16H29IN4O2S. The normalized spacial score (nSPS) is 11.8. The van der Waals surface area contributed by atoms with E-state index in [1.54, 1.807) is 7.05 Å². The van der Waals surface area contributed by atoms with E-state index < -0.39 is 10.0 Å². The Balaban J connectivity index is 0.00000529. The topological polar surface area (TPSA) is 73.8 Å². The second-order valence-corrected chi connectivity index (χ2v) is 7.35. The van der Waals surface area contributed by atoms with Crippen molar-refractivity contribution in [3.05, 3.63) is 35.4 Å². The number of hydrogen-bond acceptors (Lipinski definition) is 3. The molecule has 1 aromatic rings. The molecule has 0 unspecified atom stereocenters. The van der Waals surface area contributed by atoms with Crippen LogP contribution in [0.4, 0.5) is 0 Å². The van der Waals surface area contributed by atoms with Crippen molar-refractivity contribution in [2.75, 3.05) is 33.4 Å². The molecule has 138 valence electrons. The lowest BCUT2D eigenvalue weighted by Crippen LogP contribution is -2.39. The van der Waals surface area contributed by atoms with Gasteiger partial charge in [0.2, 0.25) is 10.0 Å². The van der Waals surface area contributed by atoms with E-state index in [0.29, 0.717) is 19.5 Å². The van der Waals surface area contributed by atoms with Gasteiger partial charge >= 0.3 is 0 Å². The number of sulfonamides is 1. The van der Waals surface area contributed by atoms with Crippen LogP contribution in [0.15, 0.2) is 29.3 Å². The first-order chi connectivity index (χ1) is 10.9. The van der Waals surface area contributed by atoms with Crippen LogP contribution in [0, 0.1) is 0 Å². The molecule has 6 nitrogen and oxygen atoms in total. The monoisotopic (exact) mass is 468 g/mol. The molecule has 0 saturated heterocycles. The highest BCUT2D eigenvalue weighted by Gasteiger charge is 2.06. The molecule has 0 aliphatic carbocycles. The molecule has 0 atom stereocenters. The van der Waals surface area contributed by atoms with Gasteiger partial charge in [-0.05, 0) is 24.0 Å². The third kappa shape index (κ3) is 9.43. The quantitative estimate of drug-likeness (QED) is 0.264. The highest BCUT2D eigenvalue weighted by Crippen LogP contribution is 2.07. The largest absolute Gasteiger partial charge is 0.356 e. The average molecular weight is 468 g/mol. The molecule has 8 heteroatoms. The molecule has 2 N–H and O–H groups in total. The predicted molar refractivity (Wildman–Crippen MR) is 112 cm³/mol. The third-order valence-corrected chi connectivity index (χ3v) is 4.15. The summed E-state index contributed by atoms with van der Waals surface area (Å²) in [5, 5.41) is 3.24. The molecular weight excluding hydrogens is 439 g/mol. The zero-order valence-electron chi connectivity index (χ0n) is 14.9. The Morgan fingerprint density at radius 2 is 1.75 bits per heavy atom. The maximum Gasteiger partial charge on any atom is 0.208 e. The Hall–Kier alpha value is -0.870. The fourth-order valence-electron chi connectivity index (χ4n) is 2.16. The zero-order chi connectivity index (χ0) is 17.3. The van der Waals surface area contributed by atoms with Crippen LogP contribution in [0.2, 0.25) is 0 Å². The molecule has 1 rings (SSSR count). The summed E-state index contributed by atoms with van der Waals surface area (Å²) in [6.07, 6.45) is 2.91. The van der Waals surface area contributed by atoms with Gasteiger partial charge in [0.05, 0.1) is 6.26 Å². The van der Waals surface area contributed by atoms with Crippen LogP contribution < -0.4 is 10.0 Å². The van der Waals surface area contributed by atoms with Crippen molar-refractivity contribution in [3.8, 4) is 0 Å². The van der Waals surface area contributed by atoms with Crippen molar-refractivity contribution < 1.29 is 8.42 Å². The molecule has 0 radical (unpaired) electrons. The number of aliphatic imine (C=N–C) groups is 1. The number of nitrogens with one attached hydrogen (secondary N) is 2. The van der Waals surface area contributed by atoms with E-state index in [9.17, 15) is 8.42 Å². The Kier molecular flexibility index (Phi) is 11.2. The SMILES string of the molecule is CCc1ccc(CN(C)C(=NC)NCCCNS(C)(=O)=O)cc1.I. The van der Waals surface area contributed by atoms with Gasteiger partial charge in [-0.3, -0.25) is 4.99 Å². The lowest BCUT2D eigenvalue weighted by Gasteiger charge is -2.22. The van der Waals surface area contributed by atoms with Crippen molar-refractivity contribution in [3.63, 3.8) is 0 Å². The minimum absolute atomic E-state index is 0. The first-order valence-corrected chi connectivity index (χ1v) is 9.69. The maximum absolute atomic E-state index is 11.0. The van der Waals surface area contributed by atoms with Gasteiger partial charge in [-0.1, -0.05) is 31.2 Å².